The third-order valence-corrected chi connectivity index (χ3v) is 16.6. The van der Waals surface area contributed by atoms with Gasteiger partial charge in [-0.3, -0.25) is 0 Å². The first-order chi connectivity index (χ1) is 35.2. The molecule has 12 rings (SSSR count). The number of rotatable bonds is 5. The van der Waals surface area contributed by atoms with E-state index in [1.54, 1.807) is 0 Å². The van der Waals surface area contributed by atoms with Crippen molar-refractivity contribution in [1.29, 1.82) is 0 Å². The van der Waals surface area contributed by atoms with Gasteiger partial charge in [0, 0.05) is 34.1 Å². The Bertz CT molecular complexity index is 3590. The minimum absolute atomic E-state index is 0.0254. The lowest BCUT2D eigenvalue weighted by Gasteiger charge is -2.45. The fourth-order valence-electron chi connectivity index (χ4n) is 12.6. The summed E-state index contributed by atoms with van der Waals surface area (Å²) in [5.41, 5.74) is 26.3. The van der Waals surface area contributed by atoms with Gasteiger partial charge in [0.1, 0.15) is 0 Å². The topological polar surface area (TPSA) is 6.48 Å². The van der Waals surface area contributed by atoms with Gasteiger partial charge in [0.2, 0.25) is 0 Å². The van der Waals surface area contributed by atoms with E-state index in [0.29, 0.717) is 0 Å². The van der Waals surface area contributed by atoms with Gasteiger partial charge in [-0.05, 0) is 153 Å². The molecule has 2 heterocycles. The molecule has 1 aliphatic carbocycles. The fourth-order valence-corrected chi connectivity index (χ4v) is 12.6. The molecule has 9 aromatic carbocycles. The second kappa shape index (κ2) is 16.8. The third kappa shape index (κ3) is 7.44. The molecule has 2 aliphatic heterocycles. The van der Waals surface area contributed by atoms with Crippen LogP contribution in [0.2, 0.25) is 0 Å². The van der Waals surface area contributed by atoms with Crippen molar-refractivity contribution in [1.82, 2.24) is 0 Å². The summed E-state index contributed by atoms with van der Waals surface area (Å²) in [5, 5.41) is 0. The SMILES string of the molecule is CC(C)(C)c1ccc(N2c3cc(C(C)(C)C)ccc3B3c4cc(C(C)(C)C)ccc4N(c4ccc(-c5cccc6c5-c5ccccc5C6(c5ccccc5)c5ccccc5)cc4)c4cc(C(C)(C)C)cc2c43)cc1. The molecule has 0 N–H and O–H groups in total. The normalized spacial score (nSPS) is 14.5. The highest BCUT2D eigenvalue weighted by Crippen LogP contribution is 2.58. The van der Waals surface area contributed by atoms with Crippen LogP contribution in [0.4, 0.5) is 34.1 Å². The van der Waals surface area contributed by atoms with Crippen molar-refractivity contribution >= 4 is 57.2 Å². The minimum Gasteiger partial charge on any atom is -0.311 e. The summed E-state index contributed by atoms with van der Waals surface area (Å²) in [7, 11) is 0. The molecule has 0 saturated heterocycles. The van der Waals surface area contributed by atoms with Gasteiger partial charge < -0.3 is 9.80 Å². The molecule has 3 heteroatoms. The summed E-state index contributed by atoms with van der Waals surface area (Å²) in [4.78, 5) is 5.19. The van der Waals surface area contributed by atoms with E-state index >= 15 is 0 Å². The molecule has 9 aromatic rings. The second-order valence-corrected chi connectivity index (χ2v) is 25.4. The number of hydrogen-bond donors (Lipinski definition) is 0. The second-order valence-electron chi connectivity index (χ2n) is 25.4. The average molecular weight is 961 g/mol. The lowest BCUT2D eigenvalue weighted by molar-refractivity contribution is 0.589. The van der Waals surface area contributed by atoms with E-state index in [9.17, 15) is 0 Å². The van der Waals surface area contributed by atoms with Gasteiger partial charge in [-0.15, -0.1) is 0 Å². The maximum absolute atomic E-state index is 2.60. The smallest absolute Gasteiger partial charge is 0.252 e. The van der Waals surface area contributed by atoms with Crippen LogP contribution in [0.15, 0.2) is 200 Å². The molecule has 0 amide bonds. The molecule has 0 spiro atoms. The van der Waals surface area contributed by atoms with Crippen LogP contribution in [-0.4, -0.2) is 6.71 Å². The van der Waals surface area contributed by atoms with Crippen LogP contribution >= 0.6 is 0 Å². The van der Waals surface area contributed by atoms with E-state index in [0.717, 1.165) is 5.69 Å². The Morgan fingerprint density at radius 1 is 0.338 bits per heavy atom. The first-order valence-electron chi connectivity index (χ1n) is 26.9. The summed E-state index contributed by atoms with van der Waals surface area (Å²) in [6, 6.07) is 77.0. The van der Waals surface area contributed by atoms with Crippen molar-refractivity contribution < 1.29 is 0 Å². The average Bonchev–Trinajstić information content (AvgIpc) is 3.74. The molecule has 366 valence electrons. The molecule has 0 unspecified atom stereocenters. The molecule has 0 bridgehead atoms. The minimum atomic E-state index is -0.461. The molecule has 0 radical (unpaired) electrons. The molecule has 0 atom stereocenters. The Kier molecular flexibility index (Phi) is 10.8. The predicted molar refractivity (Wildman–Crippen MR) is 318 cm³/mol. The molecule has 0 aromatic heterocycles. The molecular formula is C71H69BN2. The van der Waals surface area contributed by atoms with Crippen LogP contribution in [0.3, 0.4) is 0 Å². The monoisotopic (exact) mass is 961 g/mol. The van der Waals surface area contributed by atoms with Gasteiger partial charge in [-0.25, -0.2) is 0 Å². The lowest BCUT2D eigenvalue weighted by Crippen LogP contribution is -2.61. The maximum atomic E-state index is 2.60. The number of nitrogens with zero attached hydrogens (tertiary/aromatic N) is 2. The van der Waals surface area contributed by atoms with Crippen LogP contribution in [0.5, 0.6) is 0 Å². The third-order valence-electron chi connectivity index (χ3n) is 16.6. The van der Waals surface area contributed by atoms with Crippen LogP contribution in [-0.2, 0) is 27.1 Å². The first kappa shape index (κ1) is 47.6. The van der Waals surface area contributed by atoms with Crippen molar-refractivity contribution in [2.75, 3.05) is 9.80 Å². The first-order valence-corrected chi connectivity index (χ1v) is 26.9. The summed E-state index contributed by atoms with van der Waals surface area (Å²) in [6.45, 7) is 28.1. The summed E-state index contributed by atoms with van der Waals surface area (Å²) < 4.78 is 0. The molecule has 0 saturated carbocycles. The zero-order chi connectivity index (χ0) is 51.7. The number of hydrogen-bond acceptors (Lipinski definition) is 2. The quantitative estimate of drug-likeness (QED) is 0.159. The maximum Gasteiger partial charge on any atom is 0.252 e. The zero-order valence-electron chi connectivity index (χ0n) is 45.5. The highest BCUT2D eigenvalue weighted by Gasteiger charge is 2.48. The van der Waals surface area contributed by atoms with E-state index in [4.69, 9.17) is 0 Å². The van der Waals surface area contributed by atoms with Gasteiger partial charge in [-0.2, -0.15) is 0 Å². The van der Waals surface area contributed by atoms with Gasteiger partial charge >= 0.3 is 0 Å². The molecule has 3 aliphatic rings. The van der Waals surface area contributed by atoms with E-state index in [1.807, 2.05) is 0 Å². The number of benzene rings is 9. The Morgan fingerprint density at radius 2 is 0.797 bits per heavy atom. The van der Waals surface area contributed by atoms with E-state index < -0.39 is 5.41 Å². The number of fused-ring (bicyclic) bond motifs is 7. The van der Waals surface area contributed by atoms with E-state index in [1.165, 1.54) is 112 Å². The summed E-state index contributed by atoms with van der Waals surface area (Å²) >= 11 is 0. The number of anilines is 6. The highest BCUT2D eigenvalue weighted by molar-refractivity contribution is 7.00. The Morgan fingerprint density at radius 3 is 1.38 bits per heavy atom. The van der Waals surface area contributed by atoms with E-state index in [2.05, 4.69) is 293 Å². The largest absolute Gasteiger partial charge is 0.311 e. The molecular weight excluding hydrogens is 892 g/mol. The van der Waals surface area contributed by atoms with Crippen molar-refractivity contribution in [3.63, 3.8) is 0 Å². The van der Waals surface area contributed by atoms with Crippen molar-refractivity contribution in [2.24, 2.45) is 0 Å². The van der Waals surface area contributed by atoms with Gasteiger partial charge in [-0.1, -0.05) is 235 Å². The standard InChI is InChI=1S/C71H69BN2/c1-67(2,3)47-32-38-54(39-33-47)74-62-43-51(69(7,8)9)34-40-59(62)72-60-42-50(68(4,5)6)35-41-61(60)73(63-44-52(70(10,11)12)45-64(74)66(63)72)53-36-30-46(31-37-53)55-27-21-29-58-65(55)56-26-19-20-28-57(56)71(58,48-22-15-13-16-23-48)49-24-17-14-18-25-49/h13-45H,1-12H3. The fraction of sp³-hybridized carbons (Fsp3) is 0.239. The highest BCUT2D eigenvalue weighted by atomic mass is 15.2. The van der Waals surface area contributed by atoms with E-state index in [-0.39, 0.29) is 28.4 Å². The van der Waals surface area contributed by atoms with Crippen LogP contribution in [0.1, 0.15) is 128 Å². The van der Waals surface area contributed by atoms with Crippen LogP contribution < -0.4 is 26.2 Å². The Hall–Kier alpha value is -7.36. The summed E-state index contributed by atoms with van der Waals surface area (Å²) in [6.07, 6.45) is 0. The van der Waals surface area contributed by atoms with Crippen LogP contribution in [0.25, 0.3) is 22.3 Å². The molecule has 0 fully saturated rings. The predicted octanol–water partition coefficient (Wildman–Crippen LogP) is 17.0. The molecule has 74 heavy (non-hydrogen) atoms. The van der Waals surface area contributed by atoms with Gasteiger partial charge in [0.25, 0.3) is 6.71 Å². The van der Waals surface area contributed by atoms with Crippen molar-refractivity contribution in [3.05, 3.63) is 245 Å². The van der Waals surface area contributed by atoms with Crippen molar-refractivity contribution in [3.8, 4) is 22.3 Å². The van der Waals surface area contributed by atoms with Crippen molar-refractivity contribution in [2.45, 2.75) is 110 Å². The van der Waals surface area contributed by atoms with Crippen LogP contribution in [0, 0.1) is 0 Å². The summed E-state index contributed by atoms with van der Waals surface area (Å²) in [5.74, 6) is 0. The van der Waals surface area contributed by atoms with Gasteiger partial charge in [0.05, 0.1) is 5.41 Å². The Labute approximate surface area is 441 Å². The Balaban J connectivity index is 1.09. The molecule has 2 nitrogen and oxygen atoms in total. The lowest BCUT2D eigenvalue weighted by atomic mass is 9.33. The zero-order valence-corrected chi connectivity index (χ0v) is 45.5. The van der Waals surface area contributed by atoms with Gasteiger partial charge in [0.15, 0.2) is 0 Å².